The maximum atomic E-state index is 12.5. The van der Waals surface area contributed by atoms with Gasteiger partial charge in [-0.15, -0.1) is 0 Å². The molecule has 0 bridgehead atoms. The molecule has 0 aliphatic heterocycles. The van der Waals surface area contributed by atoms with Gasteiger partial charge in [-0.3, -0.25) is 14.6 Å². The number of aromatic nitrogens is 1. The fourth-order valence-corrected chi connectivity index (χ4v) is 2.66. The van der Waals surface area contributed by atoms with E-state index in [1.54, 1.807) is 6.92 Å². The Morgan fingerprint density at radius 2 is 1.81 bits per heavy atom. The third-order valence-electron chi connectivity index (χ3n) is 3.92. The minimum absolute atomic E-state index is 0.152. The van der Waals surface area contributed by atoms with Crippen molar-refractivity contribution in [3.05, 3.63) is 41.1 Å². The van der Waals surface area contributed by atoms with Crippen LogP contribution in [0.3, 0.4) is 0 Å². The molecule has 0 radical (unpaired) electrons. The summed E-state index contributed by atoms with van der Waals surface area (Å²) in [7, 11) is 0. The summed E-state index contributed by atoms with van der Waals surface area (Å²) >= 11 is 0. The van der Waals surface area contributed by atoms with Crippen molar-refractivity contribution < 1.29 is 19.1 Å². The Balaban J connectivity index is 2.08. The van der Waals surface area contributed by atoms with Crippen molar-refractivity contribution in [3.8, 4) is 0 Å². The van der Waals surface area contributed by atoms with Crippen LogP contribution in [0.1, 0.15) is 35.5 Å². The highest BCUT2D eigenvalue weighted by Gasteiger charge is 2.20. The number of pyridine rings is 1. The number of aryl methyl sites for hydroxylation is 2. The molecule has 2 N–H and O–H groups in total. The summed E-state index contributed by atoms with van der Waals surface area (Å²) in [5.41, 5.74) is 2.62. The lowest BCUT2D eigenvalue weighted by molar-refractivity contribution is -0.127. The molecule has 7 heteroatoms. The van der Waals surface area contributed by atoms with Gasteiger partial charge in [-0.1, -0.05) is 25.1 Å². The maximum Gasteiger partial charge on any atom is 0.340 e. The van der Waals surface area contributed by atoms with Crippen molar-refractivity contribution in [2.75, 3.05) is 19.7 Å². The predicted molar refractivity (Wildman–Crippen MR) is 97.8 cm³/mol. The summed E-state index contributed by atoms with van der Waals surface area (Å²) in [6, 6.07) is 7.57. The number of likely N-dealkylation sites (N-methyl/N-ethyl adjacent to an activating group) is 1. The van der Waals surface area contributed by atoms with E-state index in [1.165, 1.54) is 0 Å². The van der Waals surface area contributed by atoms with Gasteiger partial charge in [-0.2, -0.15) is 0 Å². The lowest BCUT2D eigenvalue weighted by atomic mass is 10.0. The van der Waals surface area contributed by atoms with Crippen LogP contribution in [0.2, 0.25) is 0 Å². The van der Waals surface area contributed by atoms with E-state index in [1.807, 2.05) is 38.1 Å². The van der Waals surface area contributed by atoms with Gasteiger partial charge in [0, 0.05) is 11.9 Å². The van der Waals surface area contributed by atoms with Crippen LogP contribution in [0.25, 0.3) is 10.9 Å². The highest BCUT2D eigenvalue weighted by atomic mass is 16.5. The zero-order valence-electron chi connectivity index (χ0n) is 15.2. The molecule has 0 aliphatic rings. The Morgan fingerprint density at radius 3 is 2.50 bits per heavy atom. The van der Waals surface area contributed by atoms with E-state index in [4.69, 9.17) is 4.74 Å². The van der Waals surface area contributed by atoms with Gasteiger partial charge >= 0.3 is 5.97 Å². The van der Waals surface area contributed by atoms with E-state index in [0.29, 0.717) is 24.2 Å². The molecule has 26 heavy (non-hydrogen) atoms. The number of carbonyl (C=O) groups excluding carboxylic acids is 3. The molecule has 0 unspecified atom stereocenters. The van der Waals surface area contributed by atoms with Crippen molar-refractivity contribution in [1.82, 2.24) is 15.6 Å². The van der Waals surface area contributed by atoms with Gasteiger partial charge in [0.2, 0.25) is 5.91 Å². The Labute approximate surface area is 152 Å². The molecule has 2 amide bonds. The minimum atomic E-state index is -0.592. The first-order chi connectivity index (χ1) is 12.5. The largest absolute Gasteiger partial charge is 0.452 e. The van der Waals surface area contributed by atoms with Crippen molar-refractivity contribution in [3.63, 3.8) is 0 Å². The summed E-state index contributed by atoms with van der Waals surface area (Å²) in [4.78, 5) is 40.1. The number of benzene rings is 1. The standard InChI is InChI=1S/C19H23N3O4/c1-4-14-18(12(3)13-8-6-7-9-15(13)22-14)19(25)26-11-17(24)21-10-16(23)20-5-2/h6-9H,4-5,10-11H2,1-3H3,(H,20,23)(H,21,24). The molecule has 0 aliphatic carbocycles. The molecule has 0 saturated carbocycles. The molecule has 0 spiro atoms. The van der Waals surface area contributed by atoms with E-state index in [0.717, 1.165) is 16.5 Å². The maximum absolute atomic E-state index is 12.5. The summed E-state index contributed by atoms with van der Waals surface area (Å²) < 4.78 is 5.13. The average Bonchev–Trinajstić information content (AvgIpc) is 2.64. The number of fused-ring (bicyclic) bond motifs is 1. The molecular weight excluding hydrogens is 334 g/mol. The van der Waals surface area contributed by atoms with Gasteiger partial charge in [0.25, 0.3) is 5.91 Å². The van der Waals surface area contributed by atoms with Crippen molar-refractivity contribution in [2.45, 2.75) is 27.2 Å². The summed E-state index contributed by atoms with van der Waals surface area (Å²) in [5.74, 6) is -1.42. The number of esters is 1. The van der Waals surface area contributed by atoms with Gasteiger partial charge in [-0.05, 0) is 31.9 Å². The second-order valence-corrected chi connectivity index (χ2v) is 5.74. The molecule has 1 heterocycles. The molecule has 1 aromatic carbocycles. The number of hydrogen-bond acceptors (Lipinski definition) is 5. The normalized spacial score (nSPS) is 10.4. The smallest absolute Gasteiger partial charge is 0.340 e. The van der Waals surface area contributed by atoms with Crippen LogP contribution in [0.4, 0.5) is 0 Å². The zero-order valence-corrected chi connectivity index (χ0v) is 15.2. The molecule has 1 aromatic heterocycles. The number of hydrogen-bond donors (Lipinski definition) is 2. The molecule has 0 fully saturated rings. The van der Waals surface area contributed by atoms with Crippen LogP contribution in [-0.4, -0.2) is 42.5 Å². The number of nitrogens with zero attached hydrogens (tertiary/aromatic N) is 1. The summed E-state index contributed by atoms with van der Waals surface area (Å²) in [6.45, 7) is 5.42. The fraction of sp³-hybridized carbons (Fsp3) is 0.368. The monoisotopic (exact) mass is 357 g/mol. The van der Waals surface area contributed by atoms with Crippen LogP contribution in [0.5, 0.6) is 0 Å². The van der Waals surface area contributed by atoms with Gasteiger partial charge < -0.3 is 15.4 Å². The number of ether oxygens (including phenoxy) is 1. The van der Waals surface area contributed by atoms with Crippen molar-refractivity contribution >= 4 is 28.7 Å². The fourth-order valence-electron chi connectivity index (χ4n) is 2.66. The summed E-state index contributed by atoms with van der Waals surface area (Å²) in [6.07, 6.45) is 0.569. The number of nitrogens with one attached hydrogen (secondary N) is 2. The molecule has 7 nitrogen and oxygen atoms in total. The lowest BCUT2D eigenvalue weighted by Gasteiger charge is -2.13. The highest BCUT2D eigenvalue weighted by molar-refractivity contribution is 5.99. The van der Waals surface area contributed by atoms with Crippen LogP contribution < -0.4 is 10.6 Å². The van der Waals surface area contributed by atoms with Gasteiger partial charge in [0.15, 0.2) is 6.61 Å². The van der Waals surface area contributed by atoms with E-state index >= 15 is 0 Å². The first-order valence-electron chi connectivity index (χ1n) is 8.56. The van der Waals surface area contributed by atoms with Crippen LogP contribution in [0.15, 0.2) is 24.3 Å². The van der Waals surface area contributed by atoms with Gasteiger partial charge in [-0.25, -0.2) is 4.79 Å². The Morgan fingerprint density at radius 1 is 1.08 bits per heavy atom. The van der Waals surface area contributed by atoms with Crippen LogP contribution in [0, 0.1) is 6.92 Å². The average molecular weight is 357 g/mol. The topological polar surface area (TPSA) is 97.4 Å². The van der Waals surface area contributed by atoms with E-state index in [2.05, 4.69) is 15.6 Å². The van der Waals surface area contributed by atoms with Gasteiger partial charge in [0.1, 0.15) is 0 Å². The zero-order chi connectivity index (χ0) is 19.1. The molecular formula is C19H23N3O4. The third kappa shape index (κ3) is 4.56. The minimum Gasteiger partial charge on any atom is -0.452 e. The van der Waals surface area contributed by atoms with Crippen molar-refractivity contribution in [2.24, 2.45) is 0 Å². The van der Waals surface area contributed by atoms with E-state index in [-0.39, 0.29) is 12.5 Å². The molecule has 0 atom stereocenters. The first-order valence-corrected chi connectivity index (χ1v) is 8.56. The molecule has 138 valence electrons. The third-order valence-corrected chi connectivity index (χ3v) is 3.92. The SMILES string of the molecule is CCNC(=O)CNC(=O)COC(=O)c1c(CC)nc2ccccc2c1C. The highest BCUT2D eigenvalue weighted by Crippen LogP contribution is 2.23. The van der Waals surface area contributed by atoms with Gasteiger partial charge in [0.05, 0.1) is 23.3 Å². The second kappa shape index (κ2) is 8.94. The lowest BCUT2D eigenvalue weighted by Crippen LogP contribution is -2.38. The second-order valence-electron chi connectivity index (χ2n) is 5.74. The number of carbonyl (C=O) groups is 3. The Kier molecular flexibility index (Phi) is 6.66. The summed E-state index contributed by atoms with van der Waals surface area (Å²) in [5, 5.41) is 5.84. The van der Waals surface area contributed by atoms with Crippen LogP contribution >= 0.6 is 0 Å². The Hall–Kier alpha value is -2.96. The van der Waals surface area contributed by atoms with E-state index in [9.17, 15) is 14.4 Å². The first kappa shape index (κ1) is 19.4. The van der Waals surface area contributed by atoms with E-state index < -0.39 is 18.5 Å². The predicted octanol–water partition coefficient (Wildman–Crippen LogP) is 1.51. The molecule has 2 rings (SSSR count). The number of rotatable bonds is 7. The Bertz CT molecular complexity index is 833. The molecule has 2 aromatic rings. The van der Waals surface area contributed by atoms with Crippen LogP contribution in [-0.2, 0) is 20.7 Å². The molecule has 0 saturated heterocycles. The quantitative estimate of drug-likeness (QED) is 0.732. The number of para-hydroxylation sites is 1. The number of amides is 2. The van der Waals surface area contributed by atoms with Crippen molar-refractivity contribution in [1.29, 1.82) is 0 Å².